The minimum absolute atomic E-state index is 0.104. The average Bonchev–Trinajstić information content (AvgIpc) is 2.15. The SMILES string of the molecule is Cc1ccc2c(S(=O)(=O)O)cccc2n1. The Labute approximate surface area is 87.3 Å². The van der Waals surface area contributed by atoms with E-state index in [-0.39, 0.29) is 4.90 Å². The molecule has 4 nitrogen and oxygen atoms in total. The first-order chi connectivity index (χ1) is 6.98. The predicted octanol–water partition coefficient (Wildman–Crippen LogP) is 1.79. The maximum Gasteiger partial charge on any atom is 0.295 e. The molecule has 0 saturated carbocycles. The van der Waals surface area contributed by atoms with E-state index in [1.54, 1.807) is 24.3 Å². The Morgan fingerprint density at radius 1 is 1.20 bits per heavy atom. The normalized spacial score (nSPS) is 11.9. The van der Waals surface area contributed by atoms with Gasteiger partial charge in [0, 0.05) is 11.1 Å². The first-order valence-corrected chi connectivity index (χ1v) is 5.76. The second-order valence-corrected chi connectivity index (χ2v) is 4.64. The van der Waals surface area contributed by atoms with Gasteiger partial charge < -0.3 is 0 Å². The summed E-state index contributed by atoms with van der Waals surface area (Å²) in [5.74, 6) is 0. The van der Waals surface area contributed by atoms with E-state index >= 15 is 0 Å². The second-order valence-electron chi connectivity index (χ2n) is 3.25. The monoisotopic (exact) mass is 223 g/mol. The van der Waals surface area contributed by atoms with E-state index in [2.05, 4.69) is 4.98 Å². The third-order valence-electron chi connectivity index (χ3n) is 2.11. The highest BCUT2D eigenvalue weighted by Crippen LogP contribution is 2.21. The molecule has 0 bridgehead atoms. The van der Waals surface area contributed by atoms with Crippen molar-refractivity contribution in [3.8, 4) is 0 Å². The van der Waals surface area contributed by atoms with Crippen LogP contribution in [0.2, 0.25) is 0 Å². The Kier molecular flexibility index (Phi) is 2.21. The molecule has 0 amide bonds. The quantitative estimate of drug-likeness (QED) is 0.748. The molecular formula is C10H9NO3S. The van der Waals surface area contributed by atoms with Crippen molar-refractivity contribution in [2.45, 2.75) is 11.8 Å². The molecule has 0 atom stereocenters. The van der Waals surface area contributed by atoms with Crippen LogP contribution in [0.5, 0.6) is 0 Å². The van der Waals surface area contributed by atoms with Crippen molar-refractivity contribution in [2.75, 3.05) is 0 Å². The number of pyridine rings is 1. The van der Waals surface area contributed by atoms with Crippen molar-refractivity contribution >= 4 is 21.0 Å². The number of hydrogen-bond donors (Lipinski definition) is 1. The van der Waals surface area contributed by atoms with E-state index in [1.807, 2.05) is 6.92 Å². The Balaban J connectivity index is 2.89. The molecule has 5 heteroatoms. The third-order valence-corrected chi connectivity index (χ3v) is 3.02. The van der Waals surface area contributed by atoms with Gasteiger partial charge in [-0.2, -0.15) is 8.42 Å². The minimum atomic E-state index is -4.18. The molecule has 78 valence electrons. The molecule has 1 aromatic carbocycles. The number of benzene rings is 1. The maximum absolute atomic E-state index is 11.1. The van der Waals surface area contributed by atoms with Crippen molar-refractivity contribution < 1.29 is 13.0 Å². The zero-order chi connectivity index (χ0) is 11.1. The van der Waals surface area contributed by atoms with Gasteiger partial charge >= 0.3 is 0 Å². The average molecular weight is 223 g/mol. The smallest absolute Gasteiger partial charge is 0.282 e. The fourth-order valence-corrected chi connectivity index (χ4v) is 2.15. The molecule has 15 heavy (non-hydrogen) atoms. The lowest BCUT2D eigenvalue weighted by Crippen LogP contribution is -1.99. The van der Waals surface area contributed by atoms with Crippen molar-refractivity contribution in [3.05, 3.63) is 36.0 Å². The molecule has 2 aromatic rings. The number of aryl methyl sites for hydroxylation is 1. The van der Waals surface area contributed by atoms with E-state index in [4.69, 9.17) is 4.55 Å². The molecule has 0 aliphatic rings. The largest absolute Gasteiger partial charge is 0.295 e. The van der Waals surface area contributed by atoms with Gasteiger partial charge in [-0.1, -0.05) is 6.07 Å². The lowest BCUT2D eigenvalue weighted by molar-refractivity contribution is 0.484. The summed E-state index contributed by atoms with van der Waals surface area (Å²) in [6, 6.07) is 7.96. The van der Waals surface area contributed by atoms with Crippen molar-refractivity contribution in [1.29, 1.82) is 0 Å². The summed E-state index contributed by atoms with van der Waals surface area (Å²) in [4.78, 5) is 4.07. The van der Waals surface area contributed by atoms with Gasteiger partial charge in [-0.3, -0.25) is 9.54 Å². The van der Waals surface area contributed by atoms with Gasteiger partial charge in [0.05, 0.1) is 5.52 Å². The summed E-state index contributed by atoms with van der Waals surface area (Å²) < 4.78 is 31.1. The first kappa shape index (κ1) is 10.1. The van der Waals surface area contributed by atoms with Gasteiger partial charge in [0.15, 0.2) is 0 Å². The highest BCUT2D eigenvalue weighted by atomic mass is 32.2. The van der Waals surface area contributed by atoms with E-state index < -0.39 is 10.1 Å². The lowest BCUT2D eigenvalue weighted by atomic mass is 10.2. The van der Waals surface area contributed by atoms with Crippen LogP contribution in [-0.2, 0) is 10.1 Å². The van der Waals surface area contributed by atoms with Crippen molar-refractivity contribution in [1.82, 2.24) is 4.98 Å². The topological polar surface area (TPSA) is 67.3 Å². The van der Waals surface area contributed by atoms with Gasteiger partial charge in [-0.25, -0.2) is 0 Å². The zero-order valence-electron chi connectivity index (χ0n) is 8.01. The van der Waals surface area contributed by atoms with Crippen molar-refractivity contribution in [3.63, 3.8) is 0 Å². The van der Waals surface area contributed by atoms with Gasteiger partial charge in [0.25, 0.3) is 10.1 Å². The van der Waals surface area contributed by atoms with E-state index in [0.717, 1.165) is 5.69 Å². The van der Waals surface area contributed by atoms with Crippen LogP contribution >= 0.6 is 0 Å². The molecule has 0 unspecified atom stereocenters. The first-order valence-electron chi connectivity index (χ1n) is 4.32. The van der Waals surface area contributed by atoms with E-state index in [1.165, 1.54) is 6.07 Å². The molecule has 0 radical (unpaired) electrons. The Morgan fingerprint density at radius 3 is 2.60 bits per heavy atom. The molecule has 0 aliphatic heterocycles. The van der Waals surface area contributed by atoms with E-state index in [9.17, 15) is 8.42 Å². The summed E-state index contributed by atoms with van der Waals surface area (Å²) in [6.45, 7) is 1.82. The van der Waals surface area contributed by atoms with Crippen LogP contribution in [0.15, 0.2) is 35.2 Å². The summed E-state index contributed by atoms with van der Waals surface area (Å²) in [5, 5.41) is 0.436. The summed E-state index contributed by atoms with van der Waals surface area (Å²) in [5.41, 5.74) is 1.36. The van der Waals surface area contributed by atoms with Crippen molar-refractivity contribution in [2.24, 2.45) is 0 Å². The van der Waals surface area contributed by atoms with Gasteiger partial charge in [-0.05, 0) is 31.2 Å². The van der Waals surface area contributed by atoms with Crippen LogP contribution in [0.25, 0.3) is 10.9 Å². The Morgan fingerprint density at radius 2 is 1.93 bits per heavy atom. The molecule has 0 fully saturated rings. The molecule has 1 heterocycles. The third kappa shape index (κ3) is 1.84. The maximum atomic E-state index is 11.1. The number of rotatable bonds is 1. The fourth-order valence-electron chi connectivity index (χ4n) is 1.45. The molecule has 2 rings (SSSR count). The molecule has 1 aromatic heterocycles. The predicted molar refractivity (Wildman–Crippen MR) is 56.3 cm³/mol. The standard InChI is InChI=1S/C10H9NO3S/c1-7-5-6-8-9(11-7)3-2-4-10(8)15(12,13)14/h2-6H,1H3,(H,12,13,14). The van der Waals surface area contributed by atoms with Crippen LogP contribution in [0.1, 0.15) is 5.69 Å². The van der Waals surface area contributed by atoms with Crippen LogP contribution in [0, 0.1) is 6.92 Å². The second kappa shape index (κ2) is 3.29. The van der Waals surface area contributed by atoms with Gasteiger partial charge in [0.2, 0.25) is 0 Å². The van der Waals surface area contributed by atoms with Crippen LogP contribution in [0.4, 0.5) is 0 Å². The Bertz CT molecular complexity index is 620. The number of fused-ring (bicyclic) bond motifs is 1. The number of aromatic nitrogens is 1. The molecule has 1 N–H and O–H groups in total. The molecular weight excluding hydrogens is 214 g/mol. The van der Waals surface area contributed by atoms with Crippen LogP contribution in [0.3, 0.4) is 0 Å². The van der Waals surface area contributed by atoms with Crippen LogP contribution < -0.4 is 0 Å². The van der Waals surface area contributed by atoms with Crippen LogP contribution in [-0.4, -0.2) is 18.0 Å². The molecule has 0 spiro atoms. The summed E-state index contributed by atoms with van der Waals surface area (Å²) >= 11 is 0. The highest BCUT2D eigenvalue weighted by Gasteiger charge is 2.13. The van der Waals surface area contributed by atoms with Gasteiger partial charge in [0.1, 0.15) is 4.90 Å². The molecule has 0 aliphatic carbocycles. The summed E-state index contributed by atoms with van der Waals surface area (Å²) in [6.07, 6.45) is 0. The number of nitrogens with zero attached hydrogens (tertiary/aromatic N) is 1. The summed E-state index contributed by atoms with van der Waals surface area (Å²) in [7, 11) is -4.18. The lowest BCUT2D eigenvalue weighted by Gasteiger charge is -2.03. The zero-order valence-corrected chi connectivity index (χ0v) is 8.82. The Hall–Kier alpha value is -1.46. The fraction of sp³-hybridized carbons (Fsp3) is 0.100. The van der Waals surface area contributed by atoms with E-state index in [0.29, 0.717) is 10.9 Å². The molecule has 0 saturated heterocycles. The van der Waals surface area contributed by atoms with Gasteiger partial charge in [-0.15, -0.1) is 0 Å². The highest BCUT2D eigenvalue weighted by molar-refractivity contribution is 7.86. The number of hydrogen-bond acceptors (Lipinski definition) is 3. The minimum Gasteiger partial charge on any atom is -0.282 e.